The molecule has 0 saturated carbocycles. The lowest BCUT2D eigenvalue weighted by Gasteiger charge is -2.18. The van der Waals surface area contributed by atoms with Gasteiger partial charge in [-0.25, -0.2) is 0 Å². The maximum Gasteiger partial charge on any atom is 0.143 e. The molecular weight excluding hydrogens is 448 g/mol. The van der Waals surface area contributed by atoms with Crippen molar-refractivity contribution in [1.82, 2.24) is 0 Å². The Morgan fingerprint density at radius 1 is 0.459 bits per heavy atom. The van der Waals surface area contributed by atoms with Gasteiger partial charge in [-0.1, -0.05) is 121 Å². The predicted octanol–water partition coefficient (Wildman–Crippen LogP) is 10.4. The van der Waals surface area contributed by atoms with Crippen LogP contribution in [0.4, 0.5) is 0 Å². The Labute approximate surface area is 243 Å². The quantitative estimate of drug-likeness (QED) is 0.219. The van der Waals surface area contributed by atoms with Crippen LogP contribution in [-0.2, 0) is 0 Å². The summed E-state index contributed by atoms with van der Waals surface area (Å²) in [4.78, 5) is 0. The number of fused-ring (bicyclic) bond motifs is 7. The lowest BCUT2D eigenvalue weighted by atomic mass is 9.85. The predicted molar refractivity (Wildman–Crippen MR) is 157 cm³/mol. The molecule has 1 aromatic heterocycles. The van der Waals surface area contributed by atoms with Gasteiger partial charge < -0.3 is 4.42 Å². The molecule has 0 bridgehead atoms. The number of benzene rings is 7. The van der Waals surface area contributed by atoms with E-state index in [4.69, 9.17) is 26.3 Å². The second-order valence-corrected chi connectivity index (χ2v) is 8.08. The van der Waals surface area contributed by atoms with E-state index in [9.17, 15) is 6.85 Å². The first kappa shape index (κ1) is 8.61. The maximum atomic E-state index is 9.34. The first-order chi connectivity index (χ1) is 27.1. The van der Waals surface area contributed by atoms with Gasteiger partial charge in [0, 0.05) is 16.2 Å². The summed E-state index contributed by atoms with van der Waals surface area (Å²) < 4.78 is 191. The van der Waals surface area contributed by atoms with Crippen LogP contribution in [0.5, 0.6) is 0 Å². The Morgan fingerprint density at radius 2 is 1.05 bits per heavy atom. The van der Waals surface area contributed by atoms with Crippen molar-refractivity contribution in [3.05, 3.63) is 133 Å². The molecule has 0 N–H and O–H groups in total. The minimum Gasteiger partial charge on any atom is -0.455 e. The zero-order valence-corrected chi connectivity index (χ0v) is 18.5. The average molecular weight is 492 g/mol. The van der Waals surface area contributed by atoms with E-state index in [-0.39, 0.29) is 32.7 Å². The van der Waals surface area contributed by atoms with Gasteiger partial charge in [0.25, 0.3) is 0 Å². The third kappa shape index (κ3) is 2.92. The monoisotopic (exact) mass is 491 g/mol. The second kappa shape index (κ2) is 7.81. The van der Waals surface area contributed by atoms with Crippen LogP contribution in [0.2, 0.25) is 0 Å². The largest absolute Gasteiger partial charge is 0.455 e. The van der Waals surface area contributed by atoms with Crippen molar-refractivity contribution in [2.45, 2.75) is 0 Å². The van der Waals surface area contributed by atoms with Gasteiger partial charge in [-0.2, -0.15) is 0 Å². The van der Waals surface area contributed by atoms with E-state index in [1.807, 2.05) is 0 Å². The average Bonchev–Trinajstić information content (AvgIpc) is 3.57. The van der Waals surface area contributed by atoms with Crippen LogP contribution in [0.1, 0.15) is 28.8 Å². The van der Waals surface area contributed by atoms with Crippen LogP contribution in [0.3, 0.4) is 0 Å². The molecule has 0 radical (unpaired) electrons. The lowest BCUT2D eigenvalue weighted by molar-refractivity contribution is 0.673. The zero-order valence-electron chi connectivity index (χ0n) is 39.5. The summed E-state index contributed by atoms with van der Waals surface area (Å²) in [7, 11) is 0. The van der Waals surface area contributed by atoms with E-state index < -0.39 is 171 Å². The highest BCUT2D eigenvalue weighted by Crippen LogP contribution is 2.47. The zero-order chi connectivity index (χ0) is 42.6. The molecular formula is C36H22O. The number of rotatable bonds is 2. The Balaban J connectivity index is 1.79. The summed E-state index contributed by atoms with van der Waals surface area (Å²) in [6.45, 7) is 0. The van der Waals surface area contributed by atoms with Crippen molar-refractivity contribution in [2.24, 2.45) is 0 Å². The Bertz CT molecular complexity index is 3180. The highest BCUT2D eigenvalue weighted by atomic mass is 16.3. The molecule has 0 unspecified atom stereocenters. The van der Waals surface area contributed by atoms with Crippen molar-refractivity contribution in [1.29, 1.82) is 0 Å². The fourth-order valence-electron chi connectivity index (χ4n) is 4.72. The van der Waals surface area contributed by atoms with E-state index in [2.05, 4.69) is 0 Å². The third-order valence-electron chi connectivity index (χ3n) is 6.19. The molecule has 0 aliphatic carbocycles. The molecule has 8 aromatic rings. The van der Waals surface area contributed by atoms with Crippen molar-refractivity contribution in [2.75, 3.05) is 0 Å². The van der Waals surface area contributed by atoms with Crippen LogP contribution >= 0.6 is 0 Å². The fourth-order valence-corrected chi connectivity index (χ4v) is 4.72. The molecule has 172 valence electrons. The first-order valence-electron chi connectivity index (χ1n) is 21.5. The molecule has 7 aromatic carbocycles. The molecule has 0 aliphatic rings. The van der Waals surface area contributed by atoms with Crippen LogP contribution in [0, 0.1) is 0 Å². The molecule has 0 amide bonds. The Hall–Kier alpha value is -4.88. The molecule has 37 heavy (non-hydrogen) atoms. The summed E-state index contributed by atoms with van der Waals surface area (Å²) in [6, 6.07) is -15.4. The molecule has 1 heteroatoms. The molecule has 1 heterocycles. The van der Waals surface area contributed by atoms with Crippen molar-refractivity contribution < 1.29 is 33.2 Å². The molecule has 0 aliphatic heterocycles. The maximum absolute atomic E-state index is 9.34. The highest BCUT2D eigenvalue weighted by molar-refractivity contribution is 6.26. The van der Waals surface area contributed by atoms with Crippen molar-refractivity contribution in [3.63, 3.8) is 0 Å². The number of hydrogen-bond acceptors (Lipinski definition) is 1. The van der Waals surface area contributed by atoms with Gasteiger partial charge >= 0.3 is 0 Å². The second-order valence-electron chi connectivity index (χ2n) is 8.08. The van der Waals surface area contributed by atoms with E-state index >= 15 is 0 Å². The third-order valence-corrected chi connectivity index (χ3v) is 6.19. The number of furan rings is 1. The Kier molecular flexibility index (Phi) is 1.82. The van der Waals surface area contributed by atoms with Gasteiger partial charge in [0.1, 0.15) is 11.2 Å². The fraction of sp³-hybridized carbons (Fsp3) is 0. The number of hydrogen-bond donors (Lipinski definition) is 0. The van der Waals surface area contributed by atoms with Gasteiger partial charge in [0.2, 0.25) is 0 Å². The topological polar surface area (TPSA) is 13.1 Å². The summed E-state index contributed by atoms with van der Waals surface area (Å²) >= 11 is 0. The van der Waals surface area contributed by atoms with E-state index in [0.717, 1.165) is 6.07 Å². The van der Waals surface area contributed by atoms with Gasteiger partial charge in [0.15, 0.2) is 0 Å². The van der Waals surface area contributed by atoms with Crippen LogP contribution in [-0.4, -0.2) is 0 Å². The van der Waals surface area contributed by atoms with Gasteiger partial charge in [-0.15, -0.1) is 0 Å². The summed E-state index contributed by atoms with van der Waals surface area (Å²) in [6.07, 6.45) is 0. The molecule has 0 spiro atoms. The van der Waals surface area contributed by atoms with Crippen LogP contribution < -0.4 is 0 Å². The van der Waals surface area contributed by atoms with Crippen LogP contribution in [0.15, 0.2) is 137 Å². The molecule has 0 atom stereocenters. The van der Waals surface area contributed by atoms with Crippen molar-refractivity contribution in [3.8, 4) is 22.3 Å². The van der Waals surface area contributed by atoms with E-state index in [1.54, 1.807) is 0 Å². The smallest absolute Gasteiger partial charge is 0.143 e. The molecule has 8 rings (SSSR count). The van der Waals surface area contributed by atoms with Gasteiger partial charge in [-0.3, -0.25) is 0 Å². The van der Waals surface area contributed by atoms with Crippen molar-refractivity contribution >= 4 is 54.3 Å². The summed E-state index contributed by atoms with van der Waals surface area (Å²) in [5.74, 6) is 0. The summed E-state index contributed by atoms with van der Waals surface area (Å²) in [5.41, 5.74) is -2.87. The molecule has 0 saturated heterocycles. The van der Waals surface area contributed by atoms with E-state index in [1.165, 1.54) is 0 Å². The highest BCUT2D eigenvalue weighted by Gasteiger charge is 2.20. The standard InChI is InChI=1S/C36H22O/c1-2-12-24(13-3-1)33-26-15-6-8-17-28(26)34(29-18-9-7-16-27(29)33)30-19-10-20-32-35(30)31-22-21-23-11-4-5-14-25(23)36(31)37-32/h1-22H/i1D,2D,3D,4D,5D,6D,7D,8D,9D,10D,11D,12D,13D,14D,15D,16D,17D,18D,19D,21D,22D. The Morgan fingerprint density at radius 3 is 1.76 bits per heavy atom. The lowest BCUT2D eigenvalue weighted by Crippen LogP contribution is -1.91. The first-order valence-corrected chi connectivity index (χ1v) is 11.0. The van der Waals surface area contributed by atoms with Crippen LogP contribution in [0.25, 0.3) is 76.5 Å². The SMILES string of the molecule is [2H]c1cc2oc3c4c([2H])c([2H])c([2H])c([2H])c4c([2H])c([2H])c3c2c(-c2c3c([2H])c([2H])c([2H])c([2H])c3c(-c3c([2H])c([2H])c([2H])c([2H])c3[2H])c3c([2H])c([2H])c([2H])c([2H])c23)c1[2H]. The molecule has 0 fully saturated rings. The van der Waals surface area contributed by atoms with Gasteiger partial charge in [0.05, 0.1) is 28.8 Å². The summed E-state index contributed by atoms with van der Waals surface area (Å²) in [5, 5.41) is -3.54. The minimum absolute atomic E-state index is 0.276. The van der Waals surface area contributed by atoms with E-state index in [0.29, 0.717) is 0 Å². The minimum atomic E-state index is -0.871. The normalized spacial score (nSPS) is 19.7. The molecule has 1 nitrogen and oxygen atoms in total. The van der Waals surface area contributed by atoms with Gasteiger partial charge in [-0.05, 0) is 61.3 Å².